The zero-order valence-corrected chi connectivity index (χ0v) is 14.3. The average molecular weight is 320 g/mol. The summed E-state index contributed by atoms with van der Waals surface area (Å²) in [6.07, 6.45) is 3.35. The molecule has 0 radical (unpaired) electrons. The molecule has 0 saturated carbocycles. The Bertz CT molecular complexity index is 504. The van der Waals surface area contributed by atoms with Gasteiger partial charge in [-0.2, -0.15) is 0 Å². The average Bonchev–Trinajstić information content (AvgIpc) is 2.58. The summed E-state index contributed by atoms with van der Waals surface area (Å²) >= 11 is 0. The van der Waals surface area contributed by atoms with Gasteiger partial charge in [0.15, 0.2) is 5.96 Å². The second kappa shape index (κ2) is 9.50. The molecule has 0 spiro atoms. The van der Waals surface area contributed by atoms with Crippen molar-refractivity contribution in [3.63, 3.8) is 0 Å². The summed E-state index contributed by atoms with van der Waals surface area (Å²) in [4.78, 5) is 6.78. The third kappa shape index (κ3) is 6.18. The van der Waals surface area contributed by atoms with Crippen LogP contribution in [0, 0.1) is 11.7 Å². The number of nitrogens with one attached hydrogen (secondary N) is 2. The summed E-state index contributed by atoms with van der Waals surface area (Å²) in [5.74, 6) is 1.34. The molecule has 5 heteroatoms. The lowest BCUT2D eigenvalue weighted by Crippen LogP contribution is -2.44. The summed E-state index contributed by atoms with van der Waals surface area (Å²) in [7, 11) is 1.79. The first-order valence-corrected chi connectivity index (χ1v) is 8.62. The molecule has 0 aliphatic carbocycles. The van der Waals surface area contributed by atoms with Crippen LogP contribution in [0.25, 0.3) is 0 Å². The molecule has 1 aromatic carbocycles. The van der Waals surface area contributed by atoms with Crippen LogP contribution in [0.2, 0.25) is 0 Å². The first-order chi connectivity index (χ1) is 11.2. The quantitative estimate of drug-likeness (QED) is 0.624. The van der Waals surface area contributed by atoms with Crippen LogP contribution < -0.4 is 10.6 Å². The number of aliphatic imine (C=N–C) groups is 1. The van der Waals surface area contributed by atoms with Crippen LogP contribution in [-0.4, -0.2) is 50.6 Å². The van der Waals surface area contributed by atoms with Crippen molar-refractivity contribution in [1.82, 2.24) is 15.5 Å². The zero-order valence-electron chi connectivity index (χ0n) is 14.3. The monoisotopic (exact) mass is 320 g/mol. The van der Waals surface area contributed by atoms with Gasteiger partial charge in [-0.15, -0.1) is 0 Å². The predicted molar refractivity (Wildman–Crippen MR) is 94.3 cm³/mol. The second-order valence-electron chi connectivity index (χ2n) is 6.16. The van der Waals surface area contributed by atoms with Crippen LogP contribution in [0.1, 0.15) is 25.3 Å². The minimum Gasteiger partial charge on any atom is -0.356 e. The first-order valence-electron chi connectivity index (χ1n) is 8.62. The van der Waals surface area contributed by atoms with Gasteiger partial charge in [0.25, 0.3) is 0 Å². The van der Waals surface area contributed by atoms with Crippen molar-refractivity contribution in [1.29, 1.82) is 0 Å². The zero-order chi connectivity index (χ0) is 16.5. The lowest BCUT2D eigenvalue weighted by Gasteiger charge is -2.32. The molecule has 2 N–H and O–H groups in total. The smallest absolute Gasteiger partial charge is 0.190 e. The standard InChI is InChI=1S/C18H29FN4/c1-3-23-11-5-7-16(14-23)13-22-18(20-2)21-10-9-15-6-4-8-17(19)12-15/h4,6,8,12,16H,3,5,7,9-11,13-14H2,1-2H3,(H2,20,21,22). The molecule has 0 aromatic heterocycles. The molecule has 1 fully saturated rings. The lowest BCUT2D eigenvalue weighted by molar-refractivity contribution is 0.183. The van der Waals surface area contributed by atoms with E-state index in [-0.39, 0.29) is 5.82 Å². The number of likely N-dealkylation sites (tertiary alicyclic amines) is 1. The number of hydrogen-bond acceptors (Lipinski definition) is 2. The largest absolute Gasteiger partial charge is 0.356 e. The molecule has 1 heterocycles. The molecule has 0 amide bonds. The number of piperidine rings is 1. The van der Waals surface area contributed by atoms with Gasteiger partial charge >= 0.3 is 0 Å². The number of halogens is 1. The Morgan fingerprint density at radius 1 is 1.39 bits per heavy atom. The Labute approximate surface area is 139 Å². The molecule has 4 nitrogen and oxygen atoms in total. The van der Waals surface area contributed by atoms with Crippen molar-refractivity contribution in [2.75, 3.05) is 39.8 Å². The molecule has 23 heavy (non-hydrogen) atoms. The van der Waals surface area contributed by atoms with Gasteiger partial charge in [0.05, 0.1) is 0 Å². The Kier molecular flexibility index (Phi) is 7.33. The van der Waals surface area contributed by atoms with Gasteiger partial charge in [0.1, 0.15) is 5.82 Å². The van der Waals surface area contributed by atoms with E-state index in [1.165, 1.54) is 32.0 Å². The maximum absolute atomic E-state index is 13.1. The SMILES string of the molecule is CCN1CCCC(CNC(=NC)NCCc2cccc(F)c2)C1. The molecule has 1 unspecified atom stereocenters. The van der Waals surface area contributed by atoms with E-state index in [4.69, 9.17) is 0 Å². The van der Waals surface area contributed by atoms with Crippen LogP contribution in [-0.2, 0) is 6.42 Å². The van der Waals surface area contributed by atoms with Gasteiger partial charge in [-0.05, 0) is 56.0 Å². The van der Waals surface area contributed by atoms with Crippen LogP contribution in [0.3, 0.4) is 0 Å². The van der Waals surface area contributed by atoms with E-state index < -0.39 is 0 Å². The van der Waals surface area contributed by atoms with E-state index in [0.29, 0.717) is 5.92 Å². The fraction of sp³-hybridized carbons (Fsp3) is 0.611. The molecule has 2 rings (SSSR count). The number of benzene rings is 1. The molecule has 1 aliphatic heterocycles. The summed E-state index contributed by atoms with van der Waals surface area (Å²) in [5, 5.41) is 6.72. The van der Waals surface area contributed by atoms with Crippen LogP contribution in [0.15, 0.2) is 29.3 Å². The molecular formula is C18H29FN4. The van der Waals surface area contributed by atoms with Crippen molar-refractivity contribution < 1.29 is 4.39 Å². The summed E-state index contributed by atoms with van der Waals surface area (Å²) in [5.41, 5.74) is 0.999. The van der Waals surface area contributed by atoms with Gasteiger partial charge in [-0.1, -0.05) is 19.1 Å². The van der Waals surface area contributed by atoms with Crippen LogP contribution >= 0.6 is 0 Å². The number of hydrogen-bond donors (Lipinski definition) is 2. The van der Waals surface area contributed by atoms with Crippen molar-refractivity contribution >= 4 is 5.96 Å². The fourth-order valence-corrected chi connectivity index (χ4v) is 3.08. The molecule has 1 atom stereocenters. The maximum atomic E-state index is 13.1. The highest BCUT2D eigenvalue weighted by Gasteiger charge is 2.18. The molecule has 1 saturated heterocycles. The Hall–Kier alpha value is -1.62. The van der Waals surface area contributed by atoms with Gasteiger partial charge < -0.3 is 15.5 Å². The molecule has 1 aromatic rings. The van der Waals surface area contributed by atoms with Crippen molar-refractivity contribution in [3.8, 4) is 0 Å². The minimum absolute atomic E-state index is 0.178. The summed E-state index contributed by atoms with van der Waals surface area (Å²) in [6, 6.07) is 6.75. The van der Waals surface area contributed by atoms with Gasteiger partial charge in [-0.25, -0.2) is 4.39 Å². The van der Waals surface area contributed by atoms with Gasteiger partial charge in [0, 0.05) is 26.7 Å². The van der Waals surface area contributed by atoms with E-state index in [2.05, 4.69) is 27.4 Å². The normalized spacial score (nSPS) is 19.6. The highest BCUT2D eigenvalue weighted by atomic mass is 19.1. The van der Waals surface area contributed by atoms with E-state index in [1.807, 2.05) is 6.07 Å². The van der Waals surface area contributed by atoms with Crippen LogP contribution in [0.4, 0.5) is 4.39 Å². The van der Waals surface area contributed by atoms with Gasteiger partial charge in [-0.3, -0.25) is 4.99 Å². The fourth-order valence-electron chi connectivity index (χ4n) is 3.08. The number of rotatable bonds is 6. The summed E-state index contributed by atoms with van der Waals surface area (Å²) in [6.45, 7) is 7.46. The number of guanidine groups is 1. The van der Waals surface area contributed by atoms with E-state index in [0.717, 1.165) is 37.6 Å². The summed E-state index contributed by atoms with van der Waals surface area (Å²) < 4.78 is 13.1. The Morgan fingerprint density at radius 2 is 2.26 bits per heavy atom. The van der Waals surface area contributed by atoms with E-state index in [1.54, 1.807) is 19.2 Å². The molecular weight excluding hydrogens is 291 g/mol. The lowest BCUT2D eigenvalue weighted by atomic mass is 9.98. The van der Waals surface area contributed by atoms with Crippen molar-refractivity contribution in [2.24, 2.45) is 10.9 Å². The molecule has 1 aliphatic rings. The van der Waals surface area contributed by atoms with Crippen molar-refractivity contribution in [2.45, 2.75) is 26.2 Å². The topological polar surface area (TPSA) is 39.7 Å². The van der Waals surface area contributed by atoms with E-state index >= 15 is 0 Å². The minimum atomic E-state index is -0.178. The third-order valence-corrected chi connectivity index (χ3v) is 4.43. The highest BCUT2D eigenvalue weighted by molar-refractivity contribution is 5.79. The van der Waals surface area contributed by atoms with Crippen molar-refractivity contribution in [3.05, 3.63) is 35.6 Å². The third-order valence-electron chi connectivity index (χ3n) is 4.43. The predicted octanol–water partition coefficient (Wildman–Crippen LogP) is 2.27. The highest BCUT2D eigenvalue weighted by Crippen LogP contribution is 2.15. The first kappa shape index (κ1) is 17.7. The van der Waals surface area contributed by atoms with E-state index in [9.17, 15) is 4.39 Å². The second-order valence-corrected chi connectivity index (χ2v) is 6.16. The Morgan fingerprint density at radius 3 is 3.00 bits per heavy atom. The molecule has 0 bridgehead atoms. The maximum Gasteiger partial charge on any atom is 0.190 e. The Balaban J connectivity index is 1.69. The number of nitrogens with zero attached hydrogens (tertiary/aromatic N) is 2. The van der Waals surface area contributed by atoms with Crippen LogP contribution in [0.5, 0.6) is 0 Å². The van der Waals surface area contributed by atoms with Gasteiger partial charge in [0.2, 0.25) is 0 Å². The molecule has 128 valence electrons.